The van der Waals surface area contributed by atoms with Crippen molar-refractivity contribution < 1.29 is 0 Å². The molecule has 1 aliphatic heterocycles. The summed E-state index contributed by atoms with van der Waals surface area (Å²) in [6.45, 7) is 13.4. The van der Waals surface area contributed by atoms with Crippen LogP contribution in [0.3, 0.4) is 0 Å². The molecule has 0 aromatic heterocycles. The van der Waals surface area contributed by atoms with E-state index < -0.39 is 0 Å². The van der Waals surface area contributed by atoms with E-state index in [1.54, 1.807) is 0 Å². The van der Waals surface area contributed by atoms with Crippen molar-refractivity contribution >= 4 is 11.5 Å². The van der Waals surface area contributed by atoms with Gasteiger partial charge in [-0.15, -0.1) is 0 Å². The third kappa shape index (κ3) is 4.68. The molecule has 33 heavy (non-hydrogen) atoms. The minimum atomic E-state index is 0.126. The average molecular weight is 440 g/mol. The number of nitrogens with zero attached hydrogens (tertiary/aromatic N) is 2. The van der Waals surface area contributed by atoms with Crippen LogP contribution in [0, 0.1) is 26.7 Å². The molecule has 0 spiro atoms. The second kappa shape index (κ2) is 9.82. The minimum absolute atomic E-state index is 0.126. The van der Waals surface area contributed by atoms with E-state index in [4.69, 9.17) is 5.10 Å². The largest absolute Gasteiger partial charge is 0.301 e. The van der Waals surface area contributed by atoms with E-state index in [2.05, 4.69) is 113 Å². The van der Waals surface area contributed by atoms with Crippen molar-refractivity contribution in [3.05, 3.63) is 88.5 Å². The van der Waals surface area contributed by atoms with E-state index in [1.807, 2.05) is 0 Å². The standard InChI is InChI=1S/C30H37N3/c1-7-8-13-24-17-22(5)28(23(6)18-24)33-29(20(2)3)31-32-30(33)26-15-11-14-25(19-26)27-16-10-9-12-21(27)4/h9-12,14-20,29,31H,7-8,13H2,1-6H3. The van der Waals surface area contributed by atoms with E-state index in [9.17, 15) is 0 Å². The molecule has 0 aliphatic carbocycles. The quantitative estimate of drug-likeness (QED) is 0.416. The van der Waals surface area contributed by atoms with Crippen LogP contribution >= 0.6 is 0 Å². The summed E-state index contributed by atoms with van der Waals surface area (Å²) in [6.07, 6.45) is 3.72. The van der Waals surface area contributed by atoms with Gasteiger partial charge in [-0.3, -0.25) is 5.43 Å². The lowest BCUT2D eigenvalue weighted by Gasteiger charge is -2.33. The monoisotopic (exact) mass is 439 g/mol. The summed E-state index contributed by atoms with van der Waals surface area (Å²) in [7, 11) is 0. The Bertz CT molecular complexity index is 1140. The van der Waals surface area contributed by atoms with Gasteiger partial charge in [-0.2, -0.15) is 5.10 Å². The SMILES string of the molecule is CCCCc1cc(C)c(N2C(c3cccc(-c4ccccc4C)c3)=NNC2C(C)C)c(C)c1. The zero-order valence-electron chi connectivity index (χ0n) is 20.9. The Morgan fingerprint density at radius 3 is 2.24 bits per heavy atom. The highest BCUT2D eigenvalue weighted by molar-refractivity contribution is 6.12. The summed E-state index contributed by atoms with van der Waals surface area (Å²) in [5, 5.41) is 4.87. The fraction of sp³-hybridized carbons (Fsp3) is 0.367. The number of hydrogen-bond donors (Lipinski definition) is 1. The van der Waals surface area contributed by atoms with Gasteiger partial charge in [0.05, 0.1) is 5.69 Å². The molecule has 0 saturated carbocycles. The fourth-order valence-corrected chi connectivity index (χ4v) is 4.94. The van der Waals surface area contributed by atoms with E-state index in [0.29, 0.717) is 5.92 Å². The molecule has 1 aliphatic rings. The summed E-state index contributed by atoms with van der Waals surface area (Å²) in [5.41, 5.74) is 13.7. The zero-order valence-corrected chi connectivity index (χ0v) is 20.9. The van der Waals surface area contributed by atoms with Gasteiger partial charge in [-0.1, -0.05) is 81.8 Å². The number of amidine groups is 1. The number of rotatable bonds is 7. The van der Waals surface area contributed by atoms with Crippen molar-refractivity contribution in [3.8, 4) is 11.1 Å². The first-order valence-corrected chi connectivity index (χ1v) is 12.3. The lowest BCUT2D eigenvalue weighted by molar-refractivity contribution is 0.442. The Morgan fingerprint density at radius 2 is 1.58 bits per heavy atom. The predicted octanol–water partition coefficient (Wildman–Crippen LogP) is 7.37. The Labute approximate surface area is 199 Å². The summed E-state index contributed by atoms with van der Waals surface area (Å²) >= 11 is 0. The molecule has 1 N–H and O–H groups in total. The molecule has 1 heterocycles. The van der Waals surface area contributed by atoms with Gasteiger partial charge in [0, 0.05) is 5.56 Å². The van der Waals surface area contributed by atoms with Crippen molar-refractivity contribution in [2.24, 2.45) is 11.0 Å². The summed E-state index contributed by atoms with van der Waals surface area (Å²) in [5.74, 6) is 1.40. The molecule has 0 fully saturated rings. The third-order valence-electron chi connectivity index (χ3n) is 6.63. The number of nitrogens with one attached hydrogen (secondary N) is 1. The molecular weight excluding hydrogens is 402 g/mol. The van der Waals surface area contributed by atoms with Gasteiger partial charge < -0.3 is 4.90 Å². The van der Waals surface area contributed by atoms with Gasteiger partial charge in [-0.25, -0.2) is 0 Å². The maximum atomic E-state index is 4.87. The lowest BCUT2D eigenvalue weighted by Crippen LogP contribution is -2.45. The van der Waals surface area contributed by atoms with Crippen molar-refractivity contribution in [2.75, 3.05) is 4.90 Å². The van der Waals surface area contributed by atoms with Crippen LogP contribution in [0.25, 0.3) is 11.1 Å². The van der Waals surface area contributed by atoms with E-state index in [1.165, 1.54) is 51.9 Å². The Morgan fingerprint density at radius 1 is 0.879 bits per heavy atom. The van der Waals surface area contributed by atoms with Gasteiger partial charge in [-0.05, 0) is 79.0 Å². The minimum Gasteiger partial charge on any atom is -0.301 e. The topological polar surface area (TPSA) is 27.6 Å². The average Bonchev–Trinajstić information content (AvgIpc) is 3.23. The second-order valence-electron chi connectivity index (χ2n) is 9.70. The van der Waals surface area contributed by atoms with Crippen LogP contribution < -0.4 is 10.3 Å². The van der Waals surface area contributed by atoms with Crippen LogP contribution in [0.4, 0.5) is 5.69 Å². The first kappa shape index (κ1) is 23.1. The molecule has 0 saturated heterocycles. The summed E-state index contributed by atoms with van der Waals surface area (Å²) in [4.78, 5) is 2.43. The molecule has 3 nitrogen and oxygen atoms in total. The highest BCUT2D eigenvalue weighted by atomic mass is 15.5. The molecule has 3 aromatic carbocycles. The zero-order chi connectivity index (χ0) is 23.5. The number of benzene rings is 3. The molecule has 3 heteroatoms. The molecule has 172 valence electrons. The molecule has 0 bridgehead atoms. The number of aryl methyl sites for hydroxylation is 4. The first-order chi connectivity index (χ1) is 15.9. The second-order valence-corrected chi connectivity index (χ2v) is 9.70. The predicted molar refractivity (Wildman–Crippen MR) is 142 cm³/mol. The number of unbranched alkanes of at least 4 members (excludes halogenated alkanes) is 1. The van der Waals surface area contributed by atoms with Crippen molar-refractivity contribution in [1.82, 2.24) is 5.43 Å². The van der Waals surface area contributed by atoms with E-state index in [0.717, 1.165) is 17.8 Å². The van der Waals surface area contributed by atoms with Crippen molar-refractivity contribution in [2.45, 2.75) is 67.0 Å². The van der Waals surface area contributed by atoms with Gasteiger partial charge in [0.15, 0.2) is 5.84 Å². The van der Waals surface area contributed by atoms with E-state index in [-0.39, 0.29) is 6.17 Å². The maximum absolute atomic E-state index is 4.87. The molecule has 4 rings (SSSR count). The number of anilines is 1. The van der Waals surface area contributed by atoms with Gasteiger partial charge in [0.25, 0.3) is 0 Å². The third-order valence-corrected chi connectivity index (χ3v) is 6.63. The molecule has 3 aromatic rings. The van der Waals surface area contributed by atoms with Crippen molar-refractivity contribution in [1.29, 1.82) is 0 Å². The van der Waals surface area contributed by atoms with Gasteiger partial charge in [0.2, 0.25) is 0 Å². The Kier molecular flexibility index (Phi) is 6.88. The number of hydrazone groups is 1. The molecular formula is C30H37N3. The van der Waals surface area contributed by atoms with Crippen LogP contribution in [-0.4, -0.2) is 12.0 Å². The lowest BCUT2D eigenvalue weighted by atomic mass is 9.96. The molecule has 1 atom stereocenters. The fourth-order valence-electron chi connectivity index (χ4n) is 4.94. The van der Waals surface area contributed by atoms with Crippen LogP contribution in [0.15, 0.2) is 65.8 Å². The molecule has 1 unspecified atom stereocenters. The summed E-state index contributed by atoms with van der Waals surface area (Å²) < 4.78 is 0. The highest BCUT2D eigenvalue weighted by Gasteiger charge is 2.34. The Hall–Kier alpha value is -3.07. The highest BCUT2D eigenvalue weighted by Crippen LogP contribution is 2.34. The van der Waals surface area contributed by atoms with Crippen LogP contribution in [0.2, 0.25) is 0 Å². The van der Waals surface area contributed by atoms with Gasteiger partial charge >= 0.3 is 0 Å². The smallest absolute Gasteiger partial charge is 0.162 e. The van der Waals surface area contributed by atoms with Crippen molar-refractivity contribution in [3.63, 3.8) is 0 Å². The van der Waals surface area contributed by atoms with Crippen LogP contribution in [-0.2, 0) is 6.42 Å². The molecule has 0 amide bonds. The Balaban J connectivity index is 1.77. The summed E-state index contributed by atoms with van der Waals surface area (Å²) in [6, 6.07) is 22.1. The number of hydrogen-bond acceptors (Lipinski definition) is 3. The maximum Gasteiger partial charge on any atom is 0.162 e. The normalized spacial score (nSPS) is 15.7. The van der Waals surface area contributed by atoms with Gasteiger partial charge in [0.1, 0.15) is 6.17 Å². The van der Waals surface area contributed by atoms with Crippen LogP contribution in [0.5, 0.6) is 0 Å². The molecule has 0 radical (unpaired) electrons. The van der Waals surface area contributed by atoms with Crippen LogP contribution in [0.1, 0.15) is 61.4 Å². The van der Waals surface area contributed by atoms with E-state index >= 15 is 0 Å². The first-order valence-electron chi connectivity index (χ1n) is 12.3.